The lowest BCUT2D eigenvalue weighted by Crippen LogP contribution is -2.34. The van der Waals surface area contributed by atoms with Gasteiger partial charge in [0.05, 0.1) is 0 Å². The Kier molecular flexibility index (Phi) is 5.42. The topological polar surface area (TPSA) is 95.5 Å². The van der Waals surface area contributed by atoms with Gasteiger partial charge in [-0.15, -0.1) is 22.0 Å². The molecule has 1 unspecified atom stereocenters. The number of allylic oxidation sites excluding steroid dienone is 1. The quantitative estimate of drug-likeness (QED) is 0.783. The van der Waals surface area contributed by atoms with Gasteiger partial charge in [0.1, 0.15) is 0 Å². The SMILES string of the molecule is CNC(=O)N(C)c1nnc(S(=O)(=O)N(C)CC2CC=CS2)s1. The van der Waals surface area contributed by atoms with Gasteiger partial charge in [0.25, 0.3) is 10.0 Å². The molecule has 0 saturated carbocycles. The molecular formula is C11H17N5O3S3. The fourth-order valence-electron chi connectivity index (χ4n) is 1.76. The predicted octanol–water partition coefficient (Wildman–Crippen LogP) is 0.953. The number of anilines is 1. The van der Waals surface area contributed by atoms with Crippen LogP contribution in [0.25, 0.3) is 0 Å². The van der Waals surface area contributed by atoms with E-state index < -0.39 is 10.0 Å². The fraction of sp³-hybridized carbons (Fsp3) is 0.545. The van der Waals surface area contributed by atoms with Crippen molar-refractivity contribution in [2.75, 3.05) is 32.6 Å². The first-order valence-corrected chi connectivity index (χ1v) is 9.62. The number of hydrogen-bond acceptors (Lipinski definition) is 7. The van der Waals surface area contributed by atoms with E-state index in [0.717, 1.165) is 17.8 Å². The summed E-state index contributed by atoms with van der Waals surface area (Å²) in [6.07, 6.45) is 2.88. The molecule has 0 radical (unpaired) electrons. The minimum atomic E-state index is -3.69. The molecule has 11 heteroatoms. The zero-order chi connectivity index (χ0) is 16.3. The van der Waals surface area contributed by atoms with Gasteiger partial charge in [-0.1, -0.05) is 17.4 Å². The largest absolute Gasteiger partial charge is 0.341 e. The third-order valence-electron chi connectivity index (χ3n) is 3.06. The second kappa shape index (κ2) is 6.94. The summed E-state index contributed by atoms with van der Waals surface area (Å²) in [5.41, 5.74) is 0. The van der Waals surface area contributed by atoms with Gasteiger partial charge < -0.3 is 5.32 Å². The number of carbonyl (C=O) groups excluding carboxylic acids is 1. The highest BCUT2D eigenvalue weighted by Crippen LogP contribution is 2.28. The predicted molar refractivity (Wildman–Crippen MR) is 87.7 cm³/mol. The van der Waals surface area contributed by atoms with Crippen molar-refractivity contribution < 1.29 is 13.2 Å². The molecule has 0 fully saturated rings. The van der Waals surface area contributed by atoms with Crippen LogP contribution in [-0.2, 0) is 10.0 Å². The molecule has 0 saturated heterocycles. The van der Waals surface area contributed by atoms with Crippen LogP contribution >= 0.6 is 23.1 Å². The first-order valence-electron chi connectivity index (χ1n) is 6.42. The monoisotopic (exact) mass is 363 g/mol. The third kappa shape index (κ3) is 3.59. The molecule has 22 heavy (non-hydrogen) atoms. The number of urea groups is 1. The molecular weight excluding hydrogens is 346 g/mol. The number of nitrogens with zero attached hydrogens (tertiary/aromatic N) is 4. The first-order chi connectivity index (χ1) is 10.4. The van der Waals surface area contributed by atoms with Gasteiger partial charge in [0.2, 0.25) is 9.47 Å². The van der Waals surface area contributed by atoms with Crippen LogP contribution in [0.1, 0.15) is 6.42 Å². The number of sulfonamides is 1. The highest BCUT2D eigenvalue weighted by Gasteiger charge is 2.29. The van der Waals surface area contributed by atoms with Gasteiger partial charge >= 0.3 is 6.03 Å². The van der Waals surface area contributed by atoms with E-state index in [-0.39, 0.29) is 20.8 Å². The number of carbonyl (C=O) groups is 1. The molecule has 0 spiro atoms. The number of hydrogen-bond donors (Lipinski definition) is 1. The number of aromatic nitrogens is 2. The van der Waals surface area contributed by atoms with E-state index in [2.05, 4.69) is 15.5 Å². The van der Waals surface area contributed by atoms with Crippen LogP contribution < -0.4 is 10.2 Å². The Morgan fingerprint density at radius 2 is 2.18 bits per heavy atom. The molecule has 1 aromatic heterocycles. The summed E-state index contributed by atoms with van der Waals surface area (Å²) in [5, 5.41) is 12.4. The molecule has 122 valence electrons. The smallest absolute Gasteiger partial charge is 0.323 e. The first kappa shape index (κ1) is 17.2. The van der Waals surface area contributed by atoms with Crippen LogP contribution in [0.3, 0.4) is 0 Å². The lowest BCUT2D eigenvalue weighted by molar-refractivity contribution is 0.249. The van der Waals surface area contributed by atoms with Crippen LogP contribution in [0.4, 0.5) is 9.93 Å². The minimum Gasteiger partial charge on any atom is -0.341 e. The number of nitrogens with one attached hydrogen (secondary N) is 1. The van der Waals surface area contributed by atoms with Gasteiger partial charge in [-0.25, -0.2) is 13.2 Å². The van der Waals surface area contributed by atoms with Gasteiger partial charge in [-0.2, -0.15) is 4.31 Å². The van der Waals surface area contributed by atoms with Crippen molar-refractivity contribution in [2.45, 2.75) is 16.0 Å². The summed E-state index contributed by atoms with van der Waals surface area (Å²) in [5.74, 6) is 0. The molecule has 0 aromatic carbocycles. The van der Waals surface area contributed by atoms with Crippen LogP contribution in [0.2, 0.25) is 0 Å². The highest BCUT2D eigenvalue weighted by atomic mass is 32.2. The van der Waals surface area contributed by atoms with Crippen molar-refractivity contribution in [3.63, 3.8) is 0 Å². The van der Waals surface area contributed by atoms with E-state index in [1.54, 1.807) is 11.8 Å². The molecule has 8 nitrogen and oxygen atoms in total. The Bertz CT molecular complexity index is 664. The summed E-state index contributed by atoms with van der Waals surface area (Å²) < 4.78 is 26.1. The molecule has 0 aliphatic carbocycles. The number of thioether (sulfide) groups is 1. The maximum Gasteiger partial charge on any atom is 0.323 e. The second-order valence-corrected chi connectivity index (χ2v) is 9.00. The standard InChI is InChI=1S/C11H17N5O3S3/c1-12-9(17)16(3)10-13-14-11(21-10)22(18,19)15(2)7-8-5-4-6-20-8/h4,6,8H,5,7H2,1-3H3,(H,12,17). The molecule has 2 heterocycles. The molecule has 0 bridgehead atoms. The van der Waals surface area contributed by atoms with Crippen LogP contribution in [0, 0.1) is 0 Å². The fourth-order valence-corrected chi connectivity index (χ4v) is 5.19. The Morgan fingerprint density at radius 1 is 1.45 bits per heavy atom. The zero-order valence-electron chi connectivity index (χ0n) is 12.4. The van der Waals surface area contributed by atoms with Crippen LogP contribution in [0.15, 0.2) is 15.8 Å². The molecule has 2 amide bonds. The number of rotatable bonds is 5. The summed E-state index contributed by atoms with van der Waals surface area (Å²) in [6.45, 7) is 0.403. The maximum absolute atomic E-state index is 12.5. The average Bonchev–Trinajstić information content (AvgIpc) is 3.16. The average molecular weight is 363 g/mol. The van der Waals surface area contributed by atoms with Gasteiger partial charge in [-0.05, 0) is 11.8 Å². The van der Waals surface area contributed by atoms with Crippen molar-refractivity contribution >= 4 is 44.3 Å². The lowest BCUT2D eigenvalue weighted by Gasteiger charge is -2.18. The molecule has 2 rings (SSSR count). The van der Waals surface area contributed by atoms with E-state index in [9.17, 15) is 13.2 Å². The molecule has 1 aliphatic heterocycles. The van der Waals surface area contributed by atoms with Crippen molar-refractivity contribution in [1.29, 1.82) is 0 Å². The summed E-state index contributed by atoms with van der Waals surface area (Å²) >= 11 is 2.49. The second-order valence-electron chi connectivity index (χ2n) is 4.62. The van der Waals surface area contributed by atoms with Crippen molar-refractivity contribution in [2.24, 2.45) is 0 Å². The van der Waals surface area contributed by atoms with E-state index in [1.165, 1.54) is 30.3 Å². The molecule has 1 aromatic rings. The normalized spacial score (nSPS) is 17.9. The third-order valence-corrected chi connectivity index (χ3v) is 7.30. The van der Waals surface area contributed by atoms with Crippen LogP contribution in [0.5, 0.6) is 0 Å². The van der Waals surface area contributed by atoms with E-state index in [4.69, 9.17) is 0 Å². The summed E-state index contributed by atoms with van der Waals surface area (Å²) in [4.78, 5) is 12.7. The maximum atomic E-state index is 12.5. The Morgan fingerprint density at radius 3 is 2.77 bits per heavy atom. The van der Waals surface area contributed by atoms with Gasteiger partial charge in [-0.3, -0.25) is 4.90 Å². The van der Waals surface area contributed by atoms with Gasteiger partial charge in [0.15, 0.2) is 0 Å². The van der Waals surface area contributed by atoms with E-state index in [1.807, 2.05) is 11.5 Å². The van der Waals surface area contributed by atoms with Crippen molar-refractivity contribution in [3.8, 4) is 0 Å². The van der Waals surface area contributed by atoms with Crippen molar-refractivity contribution in [3.05, 3.63) is 11.5 Å². The van der Waals surface area contributed by atoms with Gasteiger partial charge in [0, 0.05) is 32.9 Å². The summed E-state index contributed by atoms with van der Waals surface area (Å²) in [7, 11) is 0.818. The summed E-state index contributed by atoms with van der Waals surface area (Å²) in [6, 6.07) is -0.387. The lowest BCUT2D eigenvalue weighted by atomic mass is 10.3. The van der Waals surface area contributed by atoms with Crippen LogP contribution in [-0.4, -0.2) is 61.9 Å². The molecule has 1 atom stereocenters. The Labute approximate surface area is 137 Å². The Balaban J connectivity index is 2.12. The minimum absolute atomic E-state index is 0.114. The van der Waals surface area contributed by atoms with Crippen molar-refractivity contribution in [1.82, 2.24) is 19.8 Å². The molecule has 1 N–H and O–H groups in total. The number of amides is 2. The molecule has 1 aliphatic rings. The van der Waals surface area contributed by atoms with E-state index in [0.29, 0.717) is 6.54 Å². The van der Waals surface area contributed by atoms with E-state index >= 15 is 0 Å². The highest BCUT2D eigenvalue weighted by molar-refractivity contribution is 8.03. The Hall–Kier alpha value is -1.17. The zero-order valence-corrected chi connectivity index (χ0v) is 14.8.